The van der Waals surface area contributed by atoms with Crippen molar-refractivity contribution in [3.63, 3.8) is 0 Å². The van der Waals surface area contributed by atoms with Gasteiger partial charge >= 0.3 is 0 Å². The second-order valence-corrected chi connectivity index (χ2v) is 6.95. The quantitative estimate of drug-likeness (QED) is 0.568. The van der Waals surface area contributed by atoms with Gasteiger partial charge in [-0.15, -0.1) is 5.10 Å². The molecule has 0 unspecified atom stereocenters. The first-order chi connectivity index (χ1) is 14.4. The minimum atomic E-state index is 0.700. The minimum absolute atomic E-state index is 0.700. The Morgan fingerprint density at radius 1 is 0.966 bits per heavy atom. The average Bonchev–Trinajstić information content (AvgIpc) is 3.22. The molecule has 0 saturated carbocycles. The number of rotatable bonds is 5. The number of morpholine rings is 1. The summed E-state index contributed by atoms with van der Waals surface area (Å²) < 4.78 is 7.36. The summed E-state index contributed by atoms with van der Waals surface area (Å²) in [6.45, 7) is 4.10. The second kappa shape index (κ2) is 7.89. The zero-order chi connectivity index (χ0) is 19.5. The van der Waals surface area contributed by atoms with Gasteiger partial charge in [-0.05, 0) is 35.9 Å². The van der Waals surface area contributed by atoms with Crippen LogP contribution in [0.2, 0.25) is 0 Å². The van der Waals surface area contributed by atoms with Crippen molar-refractivity contribution in [2.45, 2.75) is 6.54 Å². The molecule has 3 aromatic heterocycles. The molecule has 1 aliphatic heterocycles. The standard InChI is InChI=1S/C22H22N6O/c1-2-4-19(27-11-13-29-14-12-27)18(3-1)15-24-21-5-6-22-25-16-20(28(22)26-21)17-7-9-23-10-8-17/h1-10,16H,11-15H2,(H,24,26). The van der Waals surface area contributed by atoms with E-state index < -0.39 is 0 Å². The van der Waals surface area contributed by atoms with E-state index in [1.807, 2.05) is 35.0 Å². The van der Waals surface area contributed by atoms with Gasteiger partial charge in [0.2, 0.25) is 0 Å². The summed E-state index contributed by atoms with van der Waals surface area (Å²) in [5.74, 6) is 0.808. The van der Waals surface area contributed by atoms with Gasteiger partial charge in [0.15, 0.2) is 5.65 Å². The summed E-state index contributed by atoms with van der Waals surface area (Å²) in [6, 6.07) is 16.4. The number of nitrogens with zero attached hydrogens (tertiary/aromatic N) is 5. The number of imidazole rings is 1. The lowest BCUT2D eigenvalue weighted by atomic mass is 10.1. The number of aromatic nitrogens is 4. The summed E-state index contributed by atoms with van der Waals surface area (Å²) in [4.78, 5) is 10.9. The molecule has 4 heterocycles. The first kappa shape index (κ1) is 17.6. The largest absolute Gasteiger partial charge is 0.378 e. The molecule has 0 aliphatic carbocycles. The molecule has 0 atom stereocenters. The molecule has 0 spiro atoms. The van der Waals surface area contributed by atoms with E-state index in [-0.39, 0.29) is 0 Å². The highest BCUT2D eigenvalue weighted by atomic mass is 16.5. The number of benzene rings is 1. The monoisotopic (exact) mass is 386 g/mol. The summed E-state index contributed by atoms with van der Waals surface area (Å²) in [5, 5.41) is 8.23. The van der Waals surface area contributed by atoms with Crippen LogP contribution in [0, 0.1) is 0 Å². The van der Waals surface area contributed by atoms with Gasteiger partial charge in [-0.25, -0.2) is 9.50 Å². The smallest absolute Gasteiger partial charge is 0.154 e. The van der Waals surface area contributed by atoms with Crippen LogP contribution in [-0.2, 0) is 11.3 Å². The summed E-state index contributed by atoms with van der Waals surface area (Å²) in [6.07, 6.45) is 5.40. The SMILES string of the molecule is c1ccc(N2CCOCC2)c(CNc2ccc3ncc(-c4ccncc4)n3n2)c1. The lowest BCUT2D eigenvalue weighted by molar-refractivity contribution is 0.122. The minimum Gasteiger partial charge on any atom is -0.378 e. The first-order valence-electron chi connectivity index (χ1n) is 9.78. The highest BCUT2D eigenvalue weighted by molar-refractivity contribution is 5.63. The van der Waals surface area contributed by atoms with E-state index in [2.05, 4.69) is 44.5 Å². The van der Waals surface area contributed by atoms with Gasteiger partial charge in [0.1, 0.15) is 5.82 Å². The fourth-order valence-electron chi connectivity index (χ4n) is 3.65. The first-order valence-corrected chi connectivity index (χ1v) is 9.78. The predicted octanol–water partition coefficient (Wildman–Crippen LogP) is 3.24. The van der Waals surface area contributed by atoms with Crippen molar-refractivity contribution in [1.82, 2.24) is 19.6 Å². The zero-order valence-corrected chi connectivity index (χ0v) is 16.0. The molecule has 29 heavy (non-hydrogen) atoms. The van der Waals surface area contributed by atoms with Crippen molar-refractivity contribution in [2.75, 3.05) is 36.5 Å². The van der Waals surface area contributed by atoms with Crippen molar-refractivity contribution >= 4 is 17.2 Å². The predicted molar refractivity (Wildman–Crippen MR) is 113 cm³/mol. The number of para-hydroxylation sites is 1. The molecule has 0 bridgehead atoms. The summed E-state index contributed by atoms with van der Waals surface area (Å²) >= 11 is 0. The zero-order valence-electron chi connectivity index (χ0n) is 16.0. The van der Waals surface area contributed by atoms with E-state index in [0.29, 0.717) is 6.54 Å². The number of hydrogen-bond acceptors (Lipinski definition) is 6. The van der Waals surface area contributed by atoms with Crippen LogP contribution in [0.4, 0.5) is 11.5 Å². The molecule has 4 aromatic rings. The van der Waals surface area contributed by atoms with Gasteiger partial charge in [0, 0.05) is 43.3 Å². The third kappa shape index (κ3) is 3.64. The molecule has 1 saturated heterocycles. The Hall–Kier alpha value is -3.45. The van der Waals surface area contributed by atoms with Crippen molar-refractivity contribution < 1.29 is 4.74 Å². The average molecular weight is 386 g/mol. The number of anilines is 2. The van der Waals surface area contributed by atoms with Crippen LogP contribution in [0.1, 0.15) is 5.56 Å². The summed E-state index contributed by atoms with van der Waals surface area (Å²) in [5.41, 5.74) is 5.30. The second-order valence-electron chi connectivity index (χ2n) is 6.95. The molecule has 1 aromatic carbocycles. The van der Waals surface area contributed by atoms with Crippen LogP contribution in [0.15, 0.2) is 67.1 Å². The molecule has 5 rings (SSSR count). The van der Waals surface area contributed by atoms with Crippen LogP contribution in [-0.4, -0.2) is 45.9 Å². The van der Waals surface area contributed by atoms with Gasteiger partial charge in [-0.2, -0.15) is 0 Å². The summed E-state index contributed by atoms with van der Waals surface area (Å²) in [7, 11) is 0. The van der Waals surface area contributed by atoms with Gasteiger partial charge in [-0.1, -0.05) is 18.2 Å². The Labute approximate surface area is 169 Å². The fraction of sp³-hybridized carbons (Fsp3) is 0.227. The van der Waals surface area contributed by atoms with E-state index >= 15 is 0 Å². The fourth-order valence-corrected chi connectivity index (χ4v) is 3.65. The molecule has 1 aliphatic rings. The van der Waals surface area contributed by atoms with Gasteiger partial charge in [0.25, 0.3) is 0 Å². The molecule has 7 nitrogen and oxygen atoms in total. The van der Waals surface area contributed by atoms with Crippen LogP contribution >= 0.6 is 0 Å². The number of fused-ring (bicyclic) bond motifs is 1. The Morgan fingerprint density at radius 2 is 1.79 bits per heavy atom. The molecule has 146 valence electrons. The van der Waals surface area contributed by atoms with E-state index in [0.717, 1.165) is 49.0 Å². The van der Waals surface area contributed by atoms with E-state index in [1.54, 1.807) is 12.4 Å². The highest BCUT2D eigenvalue weighted by Crippen LogP contribution is 2.23. The van der Waals surface area contributed by atoms with Crippen molar-refractivity contribution in [3.8, 4) is 11.3 Å². The normalized spacial score (nSPS) is 14.3. The molecular weight excluding hydrogens is 364 g/mol. The van der Waals surface area contributed by atoms with Gasteiger partial charge in [-0.3, -0.25) is 4.98 Å². The number of hydrogen-bond donors (Lipinski definition) is 1. The van der Waals surface area contributed by atoms with Crippen LogP contribution in [0.25, 0.3) is 16.9 Å². The Morgan fingerprint density at radius 3 is 2.66 bits per heavy atom. The Bertz CT molecular complexity index is 1100. The topological polar surface area (TPSA) is 67.6 Å². The maximum absolute atomic E-state index is 5.49. The molecule has 1 N–H and O–H groups in total. The molecule has 0 radical (unpaired) electrons. The third-order valence-electron chi connectivity index (χ3n) is 5.14. The van der Waals surface area contributed by atoms with Crippen molar-refractivity contribution in [1.29, 1.82) is 0 Å². The van der Waals surface area contributed by atoms with Crippen LogP contribution < -0.4 is 10.2 Å². The van der Waals surface area contributed by atoms with Crippen LogP contribution in [0.5, 0.6) is 0 Å². The van der Waals surface area contributed by atoms with Crippen LogP contribution in [0.3, 0.4) is 0 Å². The third-order valence-corrected chi connectivity index (χ3v) is 5.14. The number of ether oxygens (including phenoxy) is 1. The van der Waals surface area contributed by atoms with Gasteiger partial charge in [0.05, 0.1) is 25.1 Å². The number of nitrogens with one attached hydrogen (secondary N) is 1. The van der Waals surface area contributed by atoms with E-state index in [1.165, 1.54) is 11.3 Å². The van der Waals surface area contributed by atoms with Crippen molar-refractivity contribution in [2.24, 2.45) is 0 Å². The lowest BCUT2D eigenvalue weighted by Crippen LogP contribution is -2.36. The maximum atomic E-state index is 5.49. The van der Waals surface area contributed by atoms with E-state index in [4.69, 9.17) is 9.84 Å². The number of pyridine rings is 1. The van der Waals surface area contributed by atoms with Gasteiger partial charge < -0.3 is 15.0 Å². The Balaban J connectivity index is 1.39. The van der Waals surface area contributed by atoms with Crippen molar-refractivity contribution in [3.05, 3.63) is 72.7 Å². The van der Waals surface area contributed by atoms with E-state index in [9.17, 15) is 0 Å². The highest BCUT2D eigenvalue weighted by Gasteiger charge is 2.14. The maximum Gasteiger partial charge on any atom is 0.154 e. The Kier molecular flexibility index (Phi) is 4.80. The molecular formula is C22H22N6O. The lowest BCUT2D eigenvalue weighted by Gasteiger charge is -2.30. The molecule has 0 amide bonds. The molecule has 7 heteroatoms. The molecule has 1 fully saturated rings.